The van der Waals surface area contributed by atoms with Crippen LogP contribution in [0.2, 0.25) is 0 Å². The summed E-state index contributed by atoms with van der Waals surface area (Å²) in [5, 5.41) is 1.12. The monoisotopic (exact) mass is 413 g/mol. The van der Waals surface area contributed by atoms with Gasteiger partial charge < -0.3 is 14.0 Å². The molecule has 4 atom stereocenters. The Morgan fingerprint density at radius 2 is 2.09 bits per heavy atom. The summed E-state index contributed by atoms with van der Waals surface area (Å²) in [4.78, 5) is 8.79. The second kappa shape index (κ2) is 5.14. The van der Waals surface area contributed by atoms with Crippen molar-refractivity contribution in [1.82, 2.24) is 14.5 Å². The zero-order valence-corrected chi connectivity index (χ0v) is 15.1. The molecular formula is C16H20IN3O2. The minimum absolute atomic E-state index is 0.0978. The van der Waals surface area contributed by atoms with Crippen LogP contribution in [-0.2, 0) is 9.47 Å². The van der Waals surface area contributed by atoms with Crippen LogP contribution in [0.1, 0.15) is 32.0 Å². The predicted molar refractivity (Wildman–Crippen MR) is 92.1 cm³/mol. The maximum absolute atomic E-state index is 6.23. The van der Waals surface area contributed by atoms with Crippen molar-refractivity contribution in [2.24, 2.45) is 5.92 Å². The Morgan fingerprint density at radius 1 is 1.32 bits per heavy atom. The highest BCUT2D eigenvalue weighted by Gasteiger charge is 2.54. The summed E-state index contributed by atoms with van der Waals surface area (Å²) in [6.45, 7) is 6.04. The third-order valence-corrected chi connectivity index (χ3v) is 5.95. The summed E-state index contributed by atoms with van der Waals surface area (Å²) in [5.74, 6) is 0.0316. The van der Waals surface area contributed by atoms with E-state index in [4.69, 9.17) is 9.47 Å². The lowest BCUT2D eigenvalue weighted by Gasteiger charge is -2.24. The normalized spacial score (nSPS) is 33.5. The van der Waals surface area contributed by atoms with Gasteiger partial charge in [0.05, 0.1) is 17.8 Å². The molecule has 2 aromatic heterocycles. The van der Waals surface area contributed by atoms with E-state index in [0.29, 0.717) is 5.92 Å². The van der Waals surface area contributed by atoms with E-state index < -0.39 is 5.79 Å². The van der Waals surface area contributed by atoms with Gasteiger partial charge in [-0.05, 0) is 39.2 Å². The lowest BCUT2D eigenvalue weighted by atomic mass is 10.1. The number of nitrogens with zero attached hydrogens (tertiary/aromatic N) is 3. The number of halogens is 1. The van der Waals surface area contributed by atoms with Gasteiger partial charge in [0.15, 0.2) is 5.79 Å². The highest BCUT2D eigenvalue weighted by molar-refractivity contribution is 14.1. The summed E-state index contributed by atoms with van der Waals surface area (Å²) in [7, 11) is 0. The molecule has 0 amide bonds. The Balaban J connectivity index is 1.77. The SMILES string of the molecule is Cc1ncnc2c1ccn2[C@@H]1C[C@H](CI)[C@H]2OC(C)(C)O[C@H]21. The molecule has 0 radical (unpaired) electrons. The van der Waals surface area contributed by atoms with Crippen LogP contribution in [0.4, 0.5) is 0 Å². The van der Waals surface area contributed by atoms with Gasteiger partial charge in [-0.15, -0.1) is 0 Å². The fourth-order valence-corrected chi connectivity index (χ4v) is 4.71. The van der Waals surface area contributed by atoms with E-state index in [1.165, 1.54) is 0 Å². The van der Waals surface area contributed by atoms with Gasteiger partial charge in [-0.25, -0.2) is 9.97 Å². The summed E-state index contributed by atoms with van der Waals surface area (Å²) in [6.07, 6.45) is 5.12. The van der Waals surface area contributed by atoms with Crippen molar-refractivity contribution in [3.63, 3.8) is 0 Å². The van der Waals surface area contributed by atoms with Crippen LogP contribution in [0.25, 0.3) is 11.0 Å². The molecule has 3 heterocycles. The molecule has 118 valence electrons. The van der Waals surface area contributed by atoms with E-state index in [0.717, 1.165) is 27.6 Å². The maximum atomic E-state index is 6.23. The fraction of sp³-hybridized carbons (Fsp3) is 0.625. The maximum Gasteiger partial charge on any atom is 0.163 e. The van der Waals surface area contributed by atoms with Crippen molar-refractivity contribution in [3.8, 4) is 0 Å². The van der Waals surface area contributed by atoms with Crippen molar-refractivity contribution in [1.29, 1.82) is 0 Å². The van der Waals surface area contributed by atoms with Gasteiger partial charge in [0, 0.05) is 16.0 Å². The highest BCUT2D eigenvalue weighted by Crippen LogP contribution is 2.48. The van der Waals surface area contributed by atoms with Crippen LogP contribution in [-0.4, -0.2) is 37.0 Å². The number of aryl methyl sites for hydroxylation is 1. The van der Waals surface area contributed by atoms with Crippen LogP contribution >= 0.6 is 22.6 Å². The molecule has 1 saturated heterocycles. The lowest BCUT2D eigenvalue weighted by Crippen LogP contribution is -2.27. The Kier molecular flexibility index (Phi) is 3.47. The molecule has 2 aromatic rings. The van der Waals surface area contributed by atoms with Gasteiger partial charge in [-0.2, -0.15) is 0 Å². The Morgan fingerprint density at radius 3 is 2.86 bits per heavy atom. The number of hydrogen-bond acceptors (Lipinski definition) is 4. The highest BCUT2D eigenvalue weighted by atomic mass is 127. The first kappa shape index (κ1) is 14.8. The molecular weight excluding hydrogens is 393 g/mol. The zero-order valence-electron chi connectivity index (χ0n) is 13.0. The number of hydrogen-bond donors (Lipinski definition) is 0. The van der Waals surface area contributed by atoms with Gasteiger partial charge in [-0.3, -0.25) is 0 Å². The third-order valence-electron chi connectivity index (χ3n) is 4.82. The van der Waals surface area contributed by atoms with E-state index in [-0.39, 0.29) is 18.2 Å². The Bertz CT molecular complexity index is 714. The van der Waals surface area contributed by atoms with Gasteiger partial charge in [0.25, 0.3) is 0 Å². The first-order valence-electron chi connectivity index (χ1n) is 7.70. The van der Waals surface area contributed by atoms with Crippen LogP contribution in [0.15, 0.2) is 18.6 Å². The second-order valence-electron chi connectivity index (χ2n) is 6.70. The average molecular weight is 413 g/mol. The van der Waals surface area contributed by atoms with Crippen LogP contribution in [0.5, 0.6) is 0 Å². The fourth-order valence-electron chi connectivity index (χ4n) is 3.85. The minimum atomic E-state index is -0.494. The van der Waals surface area contributed by atoms with Gasteiger partial charge in [-0.1, -0.05) is 22.6 Å². The molecule has 1 aliphatic carbocycles. The van der Waals surface area contributed by atoms with Crippen molar-refractivity contribution < 1.29 is 9.47 Å². The van der Waals surface area contributed by atoms with Gasteiger partial charge in [0.1, 0.15) is 18.1 Å². The van der Waals surface area contributed by atoms with E-state index in [1.54, 1.807) is 6.33 Å². The molecule has 0 unspecified atom stereocenters. The number of ether oxygens (including phenoxy) is 2. The molecule has 2 fully saturated rings. The van der Waals surface area contributed by atoms with Gasteiger partial charge in [0.2, 0.25) is 0 Å². The minimum Gasteiger partial charge on any atom is -0.344 e. The van der Waals surface area contributed by atoms with Crippen LogP contribution < -0.4 is 0 Å². The molecule has 1 aliphatic heterocycles. The van der Waals surface area contributed by atoms with Crippen molar-refractivity contribution >= 4 is 33.6 Å². The number of rotatable bonds is 2. The summed E-state index contributed by atoms with van der Waals surface area (Å²) < 4.78 is 15.7. The quantitative estimate of drug-likeness (QED) is 0.561. The Labute approximate surface area is 143 Å². The molecule has 22 heavy (non-hydrogen) atoms. The number of aromatic nitrogens is 3. The van der Waals surface area contributed by atoms with Crippen molar-refractivity contribution in [2.75, 3.05) is 4.43 Å². The predicted octanol–water partition coefficient (Wildman–Crippen LogP) is 3.26. The molecule has 0 aromatic carbocycles. The molecule has 6 heteroatoms. The van der Waals surface area contributed by atoms with Crippen molar-refractivity contribution in [2.45, 2.75) is 51.2 Å². The average Bonchev–Trinajstić information content (AvgIpc) is 3.10. The van der Waals surface area contributed by atoms with E-state index in [9.17, 15) is 0 Å². The topological polar surface area (TPSA) is 49.2 Å². The Hall–Kier alpha value is -0.730. The molecule has 5 nitrogen and oxygen atoms in total. The first-order chi connectivity index (χ1) is 10.5. The van der Waals surface area contributed by atoms with Crippen molar-refractivity contribution in [3.05, 3.63) is 24.3 Å². The molecule has 0 spiro atoms. The lowest BCUT2D eigenvalue weighted by molar-refractivity contribution is -0.159. The number of fused-ring (bicyclic) bond motifs is 2. The summed E-state index contributed by atoms with van der Waals surface area (Å²) >= 11 is 2.46. The van der Waals surface area contributed by atoms with E-state index >= 15 is 0 Å². The van der Waals surface area contributed by atoms with Crippen LogP contribution in [0, 0.1) is 12.8 Å². The molecule has 1 saturated carbocycles. The van der Waals surface area contributed by atoms with Crippen LogP contribution in [0.3, 0.4) is 0 Å². The number of alkyl halides is 1. The van der Waals surface area contributed by atoms with E-state index in [2.05, 4.69) is 49.4 Å². The van der Waals surface area contributed by atoms with E-state index in [1.807, 2.05) is 20.8 Å². The molecule has 2 aliphatic rings. The molecule has 0 bridgehead atoms. The second-order valence-corrected chi connectivity index (χ2v) is 7.58. The smallest absolute Gasteiger partial charge is 0.163 e. The standard InChI is InChI=1S/C16H20IN3O2/c1-9-11-4-5-20(15(11)19-8-18-9)12-6-10(7-17)13-14(12)22-16(2,3)21-13/h4-5,8,10,12-14H,6-7H2,1-3H3/t10-,12-,13-,14+/m1/s1. The largest absolute Gasteiger partial charge is 0.344 e. The first-order valence-corrected chi connectivity index (χ1v) is 9.22. The molecule has 0 N–H and O–H groups in total. The van der Waals surface area contributed by atoms with Gasteiger partial charge >= 0.3 is 0 Å². The zero-order chi connectivity index (χ0) is 15.5. The third kappa shape index (κ3) is 2.18. The molecule has 4 rings (SSSR count). The summed E-state index contributed by atoms with van der Waals surface area (Å²) in [6, 6.07) is 2.39. The summed E-state index contributed by atoms with van der Waals surface area (Å²) in [5.41, 5.74) is 2.02.